The van der Waals surface area contributed by atoms with Crippen molar-refractivity contribution in [2.45, 2.75) is 39.5 Å². The lowest BCUT2D eigenvalue weighted by atomic mass is 9.93. The van der Waals surface area contributed by atoms with Crippen LogP contribution in [0.5, 0.6) is 0 Å². The Kier molecular flexibility index (Phi) is 4.28. The molecule has 0 unspecified atom stereocenters. The molecule has 0 atom stereocenters. The third-order valence-corrected chi connectivity index (χ3v) is 3.80. The molecule has 0 amide bonds. The average Bonchev–Trinajstić information content (AvgIpc) is 2.39. The number of piperazine rings is 1. The molecule has 1 heterocycles. The van der Waals surface area contributed by atoms with Gasteiger partial charge in [0.05, 0.1) is 0 Å². The summed E-state index contributed by atoms with van der Waals surface area (Å²) >= 11 is 0. The molecular formula is C16H26N2. The standard InChI is InChI=1S/C16H26N2/c1-12(2)14-5-6-16(15(11-14)13(3)4)18-9-7-17-8-10-18/h5-6,11-13,17H,7-10H2,1-4H3. The molecule has 0 bridgehead atoms. The van der Waals surface area contributed by atoms with Gasteiger partial charge in [0, 0.05) is 31.9 Å². The van der Waals surface area contributed by atoms with Crippen molar-refractivity contribution in [2.75, 3.05) is 31.1 Å². The van der Waals surface area contributed by atoms with Crippen molar-refractivity contribution in [1.82, 2.24) is 5.32 Å². The topological polar surface area (TPSA) is 15.3 Å². The van der Waals surface area contributed by atoms with Gasteiger partial charge in [-0.1, -0.05) is 39.8 Å². The first-order valence-corrected chi connectivity index (χ1v) is 7.19. The van der Waals surface area contributed by atoms with Gasteiger partial charge in [-0.15, -0.1) is 0 Å². The van der Waals surface area contributed by atoms with Crippen molar-refractivity contribution in [1.29, 1.82) is 0 Å². The first-order chi connectivity index (χ1) is 8.59. The molecule has 2 nitrogen and oxygen atoms in total. The van der Waals surface area contributed by atoms with Crippen LogP contribution in [-0.2, 0) is 0 Å². The van der Waals surface area contributed by atoms with Crippen LogP contribution in [0.1, 0.15) is 50.7 Å². The maximum Gasteiger partial charge on any atom is 0.0402 e. The van der Waals surface area contributed by atoms with Crippen molar-refractivity contribution in [3.63, 3.8) is 0 Å². The summed E-state index contributed by atoms with van der Waals surface area (Å²) in [5.74, 6) is 1.20. The summed E-state index contributed by atoms with van der Waals surface area (Å²) in [6, 6.07) is 7.04. The molecule has 1 aliphatic heterocycles. The van der Waals surface area contributed by atoms with E-state index in [2.05, 4.69) is 56.1 Å². The van der Waals surface area contributed by atoms with Crippen LogP contribution in [0.3, 0.4) is 0 Å². The molecule has 0 radical (unpaired) electrons. The highest BCUT2D eigenvalue weighted by atomic mass is 15.2. The second kappa shape index (κ2) is 5.75. The molecular weight excluding hydrogens is 220 g/mol. The number of rotatable bonds is 3. The number of nitrogens with one attached hydrogen (secondary N) is 1. The fraction of sp³-hybridized carbons (Fsp3) is 0.625. The van der Waals surface area contributed by atoms with Gasteiger partial charge in [-0.2, -0.15) is 0 Å². The fourth-order valence-corrected chi connectivity index (χ4v) is 2.59. The van der Waals surface area contributed by atoms with Gasteiger partial charge in [0.15, 0.2) is 0 Å². The number of hydrogen-bond donors (Lipinski definition) is 1. The van der Waals surface area contributed by atoms with E-state index in [4.69, 9.17) is 0 Å². The first kappa shape index (κ1) is 13.4. The number of hydrogen-bond acceptors (Lipinski definition) is 2. The second-order valence-electron chi connectivity index (χ2n) is 5.86. The van der Waals surface area contributed by atoms with Crippen molar-refractivity contribution in [3.05, 3.63) is 29.3 Å². The zero-order valence-corrected chi connectivity index (χ0v) is 12.2. The lowest BCUT2D eigenvalue weighted by molar-refractivity contribution is 0.586. The third-order valence-electron chi connectivity index (χ3n) is 3.80. The predicted octanol–water partition coefficient (Wildman–Crippen LogP) is 3.34. The highest BCUT2D eigenvalue weighted by Crippen LogP contribution is 2.31. The smallest absolute Gasteiger partial charge is 0.0402 e. The molecule has 0 saturated carbocycles. The molecule has 1 saturated heterocycles. The van der Waals surface area contributed by atoms with E-state index >= 15 is 0 Å². The molecule has 100 valence electrons. The lowest BCUT2D eigenvalue weighted by Gasteiger charge is -2.32. The van der Waals surface area contributed by atoms with E-state index in [-0.39, 0.29) is 0 Å². The molecule has 2 rings (SSSR count). The maximum absolute atomic E-state index is 3.42. The molecule has 1 aromatic carbocycles. The number of nitrogens with zero attached hydrogens (tertiary/aromatic N) is 1. The maximum atomic E-state index is 3.42. The average molecular weight is 246 g/mol. The predicted molar refractivity (Wildman–Crippen MR) is 79.7 cm³/mol. The molecule has 1 N–H and O–H groups in total. The first-order valence-electron chi connectivity index (χ1n) is 7.19. The van der Waals surface area contributed by atoms with Gasteiger partial charge in [-0.05, 0) is 29.0 Å². The van der Waals surface area contributed by atoms with Crippen molar-refractivity contribution < 1.29 is 0 Å². The van der Waals surface area contributed by atoms with Gasteiger partial charge in [0.2, 0.25) is 0 Å². The largest absolute Gasteiger partial charge is 0.369 e. The summed E-state index contributed by atoms with van der Waals surface area (Å²) < 4.78 is 0. The Labute approximate surface area is 111 Å². The molecule has 18 heavy (non-hydrogen) atoms. The molecule has 0 spiro atoms. The summed E-state index contributed by atoms with van der Waals surface area (Å²) in [5.41, 5.74) is 4.40. The van der Waals surface area contributed by atoms with Crippen LogP contribution in [0.4, 0.5) is 5.69 Å². The minimum atomic E-state index is 0.591. The van der Waals surface area contributed by atoms with Crippen LogP contribution >= 0.6 is 0 Å². The summed E-state index contributed by atoms with van der Waals surface area (Å²) in [4.78, 5) is 2.52. The minimum absolute atomic E-state index is 0.591. The van der Waals surface area contributed by atoms with Gasteiger partial charge in [0.25, 0.3) is 0 Å². The van der Waals surface area contributed by atoms with Crippen LogP contribution in [0.15, 0.2) is 18.2 Å². The Morgan fingerprint density at radius 3 is 2.22 bits per heavy atom. The normalized spacial score (nSPS) is 16.7. The van der Waals surface area contributed by atoms with Gasteiger partial charge in [-0.25, -0.2) is 0 Å². The molecule has 1 aliphatic rings. The highest BCUT2D eigenvalue weighted by molar-refractivity contribution is 5.57. The van der Waals surface area contributed by atoms with Crippen LogP contribution < -0.4 is 10.2 Å². The minimum Gasteiger partial charge on any atom is -0.369 e. The Hall–Kier alpha value is -1.02. The van der Waals surface area contributed by atoms with E-state index in [1.54, 1.807) is 0 Å². The Balaban J connectivity index is 2.33. The fourth-order valence-electron chi connectivity index (χ4n) is 2.59. The van der Waals surface area contributed by atoms with E-state index in [1.165, 1.54) is 16.8 Å². The SMILES string of the molecule is CC(C)c1ccc(N2CCNCC2)c(C(C)C)c1. The Morgan fingerprint density at radius 1 is 1.00 bits per heavy atom. The highest BCUT2D eigenvalue weighted by Gasteiger charge is 2.16. The van der Waals surface area contributed by atoms with Crippen LogP contribution in [-0.4, -0.2) is 26.2 Å². The van der Waals surface area contributed by atoms with Gasteiger partial charge in [-0.3, -0.25) is 0 Å². The monoisotopic (exact) mass is 246 g/mol. The lowest BCUT2D eigenvalue weighted by Crippen LogP contribution is -2.44. The zero-order valence-electron chi connectivity index (χ0n) is 12.2. The number of anilines is 1. The molecule has 2 heteroatoms. The van der Waals surface area contributed by atoms with Gasteiger partial charge < -0.3 is 10.2 Å². The summed E-state index contributed by atoms with van der Waals surface area (Å²) in [6.07, 6.45) is 0. The van der Waals surface area contributed by atoms with Gasteiger partial charge >= 0.3 is 0 Å². The summed E-state index contributed by atoms with van der Waals surface area (Å²) in [6.45, 7) is 13.6. The third kappa shape index (κ3) is 2.86. The van der Waals surface area contributed by atoms with Crippen molar-refractivity contribution >= 4 is 5.69 Å². The zero-order chi connectivity index (χ0) is 13.1. The van der Waals surface area contributed by atoms with E-state index in [0.29, 0.717) is 11.8 Å². The van der Waals surface area contributed by atoms with Crippen LogP contribution in [0.2, 0.25) is 0 Å². The van der Waals surface area contributed by atoms with Crippen LogP contribution in [0.25, 0.3) is 0 Å². The molecule has 0 aromatic heterocycles. The molecule has 1 aromatic rings. The number of benzene rings is 1. The van der Waals surface area contributed by atoms with Gasteiger partial charge in [0.1, 0.15) is 0 Å². The molecule has 1 fully saturated rings. The molecule has 0 aliphatic carbocycles. The van der Waals surface area contributed by atoms with E-state index in [0.717, 1.165) is 26.2 Å². The summed E-state index contributed by atoms with van der Waals surface area (Å²) in [7, 11) is 0. The van der Waals surface area contributed by atoms with E-state index in [9.17, 15) is 0 Å². The van der Waals surface area contributed by atoms with E-state index in [1.807, 2.05) is 0 Å². The Bertz CT molecular complexity index is 390. The summed E-state index contributed by atoms with van der Waals surface area (Å²) in [5, 5.41) is 3.42. The Morgan fingerprint density at radius 2 is 1.67 bits per heavy atom. The quantitative estimate of drug-likeness (QED) is 0.880. The van der Waals surface area contributed by atoms with Crippen molar-refractivity contribution in [3.8, 4) is 0 Å². The second-order valence-corrected chi connectivity index (χ2v) is 5.86. The van der Waals surface area contributed by atoms with Crippen molar-refractivity contribution in [2.24, 2.45) is 0 Å². The van der Waals surface area contributed by atoms with Crippen LogP contribution in [0, 0.1) is 0 Å². The van der Waals surface area contributed by atoms with E-state index < -0.39 is 0 Å².